The number of pyridine rings is 1. The number of rotatable bonds is 6. The molecule has 3 aromatic heterocycles. The lowest BCUT2D eigenvalue weighted by Gasteiger charge is -2.32. The van der Waals surface area contributed by atoms with Gasteiger partial charge in [-0.15, -0.1) is 0 Å². The van der Waals surface area contributed by atoms with Crippen molar-refractivity contribution in [3.8, 4) is 5.75 Å². The molecule has 0 spiro atoms. The van der Waals surface area contributed by atoms with Gasteiger partial charge in [-0.3, -0.25) is 9.78 Å². The zero-order chi connectivity index (χ0) is 23.7. The SMILES string of the molecule is COc1c(C)cnc(Cn2cc(CCC(=O)N3CCN(C)CC3)c3c(Cl)nc(N)nc32)c1C. The van der Waals surface area contributed by atoms with Crippen LogP contribution in [0.5, 0.6) is 5.75 Å². The number of piperazine rings is 1. The molecule has 1 amide bonds. The fraction of sp³-hybridized carbons (Fsp3) is 0.478. The maximum absolute atomic E-state index is 12.8. The molecule has 3 aromatic rings. The molecule has 0 saturated carbocycles. The Morgan fingerprint density at radius 2 is 1.94 bits per heavy atom. The van der Waals surface area contributed by atoms with Crippen molar-refractivity contribution in [3.05, 3.63) is 39.9 Å². The summed E-state index contributed by atoms with van der Waals surface area (Å²) in [6.07, 6.45) is 4.73. The van der Waals surface area contributed by atoms with Gasteiger partial charge in [-0.25, -0.2) is 4.98 Å². The summed E-state index contributed by atoms with van der Waals surface area (Å²) in [6, 6.07) is 0. The lowest BCUT2D eigenvalue weighted by Crippen LogP contribution is -2.47. The molecule has 0 atom stereocenters. The Labute approximate surface area is 198 Å². The Hall–Kier alpha value is -2.91. The number of nitrogen functional groups attached to an aromatic ring is 1. The van der Waals surface area contributed by atoms with Crippen LogP contribution in [-0.4, -0.2) is 75.6 Å². The van der Waals surface area contributed by atoms with Gasteiger partial charge in [0.05, 0.1) is 24.7 Å². The molecule has 0 aromatic carbocycles. The zero-order valence-electron chi connectivity index (χ0n) is 19.6. The number of nitrogens with two attached hydrogens (primary N) is 1. The average molecular weight is 472 g/mol. The smallest absolute Gasteiger partial charge is 0.223 e. The van der Waals surface area contributed by atoms with Crippen LogP contribution in [0.2, 0.25) is 5.15 Å². The van der Waals surface area contributed by atoms with Crippen LogP contribution in [0.4, 0.5) is 5.95 Å². The Morgan fingerprint density at radius 1 is 1.21 bits per heavy atom. The first-order chi connectivity index (χ1) is 15.8. The highest BCUT2D eigenvalue weighted by molar-refractivity contribution is 6.34. The molecular weight excluding hydrogens is 442 g/mol. The van der Waals surface area contributed by atoms with Crippen molar-refractivity contribution in [2.24, 2.45) is 0 Å². The Balaban J connectivity index is 1.63. The molecule has 4 rings (SSSR count). The van der Waals surface area contributed by atoms with Crippen molar-refractivity contribution >= 4 is 34.5 Å². The summed E-state index contributed by atoms with van der Waals surface area (Å²) < 4.78 is 7.52. The number of likely N-dealkylation sites (N-methyl/N-ethyl adjacent to an activating group) is 1. The number of carbonyl (C=O) groups is 1. The molecule has 1 fully saturated rings. The van der Waals surface area contributed by atoms with E-state index >= 15 is 0 Å². The second-order valence-corrected chi connectivity index (χ2v) is 8.94. The number of carbonyl (C=O) groups excluding carboxylic acids is 1. The highest BCUT2D eigenvalue weighted by Crippen LogP contribution is 2.30. The molecule has 176 valence electrons. The molecule has 10 heteroatoms. The molecule has 33 heavy (non-hydrogen) atoms. The number of nitrogens with zero attached hydrogens (tertiary/aromatic N) is 6. The third-order valence-electron chi connectivity index (χ3n) is 6.30. The number of methoxy groups -OCH3 is 1. The van der Waals surface area contributed by atoms with Crippen molar-refractivity contribution in [1.29, 1.82) is 0 Å². The topological polar surface area (TPSA) is 102 Å². The summed E-state index contributed by atoms with van der Waals surface area (Å²) in [6.45, 7) is 7.75. The molecule has 0 unspecified atom stereocenters. The van der Waals surface area contributed by atoms with Crippen LogP contribution in [0.1, 0.15) is 28.8 Å². The minimum absolute atomic E-state index is 0.109. The molecule has 2 N–H and O–H groups in total. The molecule has 4 heterocycles. The number of hydrogen-bond donors (Lipinski definition) is 1. The van der Waals surface area contributed by atoms with Gasteiger partial charge in [0.15, 0.2) is 0 Å². The monoisotopic (exact) mass is 471 g/mol. The second kappa shape index (κ2) is 9.52. The van der Waals surface area contributed by atoms with Crippen LogP contribution in [0.25, 0.3) is 11.0 Å². The molecule has 0 radical (unpaired) electrons. The largest absolute Gasteiger partial charge is 0.496 e. The predicted octanol–water partition coefficient (Wildman–Crippen LogP) is 2.44. The Morgan fingerprint density at radius 3 is 2.64 bits per heavy atom. The highest BCUT2D eigenvalue weighted by atomic mass is 35.5. The molecule has 0 bridgehead atoms. The van der Waals surface area contributed by atoms with Gasteiger partial charge in [0.25, 0.3) is 0 Å². The van der Waals surface area contributed by atoms with Gasteiger partial charge < -0.3 is 24.8 Å². The third-order valence-corrected chi connectivity index (χ3v) is 6.58. The van der Waals surface area contributed by atoms with Crippen LogP contribution in [0.3, 0.4) is 0 Å². The number of aryl methyl sites for hydroxylation is 2. The molecule has 0 aliphatic carbocycles. The lowest BCUT2D eigenvalue weighted by molar-refractivity contribution is -0.132. The molecule has 1 aliphatic rings. The Bertz CT molecular complexity index is 1190. The number of halogens is 1. The van der Waals surface area contributed by atoms with Crippen LogP contribution in [-0.2, 0) is 17.8 Å². The first-order valence-corrected chi connectivity index (χ1v) is 11.4. The number of fused-ring (bicyclic) bond motifs is 1. The van der Waals surface area contributed by atoms with E-state index in [4.69, 9.17) is 22.1 Å². The minimum atomic E-state index is 0.109. The number of amides is 1. The highest BCUT2D eigenvalue weighted by Gasteiger charge is 2.21. The van der Waals surface area contributed by atoms with E-state index in [-0.39, 0.29) is 11.9 Å². The van der Waals surface area contributed by atoms with Gasteiger partial charge in [-0.1, -0.05) is 11.6 Å². The fourth-order valence-corrected chi connectivity index (χ4v) is 4.69. The standard InChI is InChI=1S/C23H30ClN7O2/c1-14-11-26-17(15(2)20(14)33-4)13-31-12-16(19-21(24)27-23(25)28-22(19)31)5-6-18(32)30-9-7-29(3)8-10-30/h11-12H,5-10,13H2,1-4H3,(H2,25,27,28). The molecule has 9 nitrogen and oxygen atoms in total. The quantitative estimate of drug-likeness (QED) is 0.551. The number of aromatic nitrogens is 4. The van der Waals surface area contributed by atoms with Gasteiger partial charge in [0, 0.05) is 56.1 Å². The minimum Gasteiger partial charge on any atom is -0.496 e. The van der Waals surface area contributed by atoms with Crippen molar-refractivity contribution in [2.45, 2.75) is 33.2 Å². The van der Waals surface area contributed by atoms with E-state index in [0.29, 0.717) is 30.2 Å². The molecule has 1 saturated heterocycles. The van der Waals surface area contributed by atoms with Gasteiger partial charge in [-0.2, -0.15) is 4.98 Å². The van der Waals surface area contributed by atoms with Crippen molar-refractivity contribution in [2.75, 3.05) is 46.1 Å². The maximum Gasteiger partial charge on any atom is 0.223 e. The van der Waals surface area contributed by atoms with Crippen LogP contribution < -0.4 is 10.5 Å². The van der Waals surface area contributed by atoms with E-state index in [1.807, 2.05) is 29.5 Å². The lowest BCUT2D eigenvalue weighted by atomic mass is 10.1. The van der Waals surface area contributed by atoms with E-state index in [1.54, 1.807) is 13.3 Å². The molecular formula is C23H30ClN7O2. The van der Waals surface area contributed by atoms with E-state index in [1.165, 1.54) is 0 Å². The summed E-state index contributed by atoms with van der Waals surface area (Å²) >= 11 is 6.48. The van der Waals surface area contributed by atoms with Gasteiger partial charge in [0.2, 0.25) is 11.9 Å². The first-order valence-electron chi connectivity index (χ1n) is 11.0. The predicted molar refractivity (Wildman–Crippen MR) is 129 cm³/mol. The maximum atomic E-state index is 12.8. The second-order valence-electron chi connectivity index (χ2n) is 8.58. The van der Waals surface area contributed by atoms with Crippen LogP contribution >= 0.6 is 11.6 Å². The number of ether oxygens (including phenoxy) is 1. The summed E-state index contributed by atoms with van der Waals surface area (Å²) in [4.78, 5) is 30.2. The van der Waals surface area contributed by atoms with E-state index in [2.05, 4.69) is 26.9 Å². The van der Waals surface area contributed by atoms with E-state index < -0.39 is 0 Å². The summed E-state index contributed by atoms with van der Waals surface area (Å²) in [5.41, 5.74) is 10.3. The number of hydrogen-bond acceptors (Lipinski definition) is 7. The summed E-state index contributed by atoms with van der Waals surface area (Å²) in [5.74, 6) is 1.08. The van der Waals surface area contributed by atoms with Crippen molar-refractivity contribution in [1.82, 2.24) is 29.3 Å². The van der Waals surface area contributed by atoms with Crippen molar-refractivity contribution < 1.29 is 9.53 Å². The first kappa shape index (κ1) is 23.3. The average Bonchev–Trinajstić information content (AvgIpc) is 3.12. The van der Waals surface area contributed by atoms with E-state index in [9.17, 15) is 4.79 Å². The Kier molecular flexibility index (Phi) is 6.71. The zero-order valence-corrected chi connectivity index (χ0v) is 20.3. The third kappa shape index (κ3) is 4.74. The fourth-order valence-electron chi connectivity index (χ4n) is 4.39. The van der Waals surface area contributed by atoms with Gasteiger partial charge in [-0.05, 0) is 32.9 Å². The summed E-state index contributed by atoms with van der Waals surface area (Å²) in [7, 11) is 3.73. The normalized spacial score (nSPS) is 14.8. The van der Waals surface area contributed by atoms with Crippen LogP contribution in [0, 0.1) is 13.8 Å². The van der Waals surface area contributed by atoms with Crippen molar-refractivity contribution in [3.63, 3.8) is 0 Å². The summed E-state index contributed by atoms with van der Waals surface area (Å²) in [5, 5.41) is 1.03. The molecule has 1 aliphatic heterocycles. The number of anilines is 1. The van der Waals surface area contributed by atoms with E-state index in [0.717, 1.165) is 59.7 Å². The van der Waals surface area contributed by atoms with Gasteiger partial charge in [0.1, 0.15) is 16.5 Å². The van der Waals surface area contributed by atoms with Crippen LogP contribution in [0.15, 0.2) is 12.4 Å². The van der Waals surface area contributed by atoms with Gasteiger partial charge >= 0.3 is 0 Å².